The normalized spacial score (nSPS) is 16.0. The van der Waals surface area contributed by atoms with Crippen molar-refractivity contribution in [2.75, 3.05) is 6.54 Å². The fourth-order valence-electron chi connectivity index (χ4n) is 2.68. The molecule has 1 saturated carbocycles. The third kappa shape index (κ3) is 3.43. The van der Waals surface area contributed by atoms with Gasteiger partial charge in [-0.1, -0.05) is 43.2 Å². The molecule has 19 heavy (non-hydrogen) atoms. The average Bonchev–Trinajstić information content (AvgIpc) is 3.11. The van der Waals surface area contributed by atoms with Crippen LogP contribution in [0, 0.1) is 0 Å². The standard InChI is InChI=1S/C16H20N2S/c1-2-6-13(7-3-1)15-12-19-16(18-15)10-11-17-14-8-4-5-9-14/h1-3,6-7,12,14,17H,4-5,8-11H2. The summed E-state index contributed by atoms with van der Waals surface area (Å²) in [7, 11) is 0. The first-order valence-corrected chi connectivity index (χ1v) is 8.03. The molecule has 0 spiro atoms. The van der Waals surface area contributed by atoms with Gasteiger partial charge < -0.3 is 5.32 Å². The molecule has 1 aromatic carbocycles. The van der Waals surface area contributed by atoms with Crippen molar-refractivity contribution in [3.63, 3.8) is 0 Å². The number of aromatic nitrogens is 1. The average molecular weight is 272 g/mol. The molecule has 0 amide bonds. The zero-order valence-electron chi connectivity index (χ0n) is 11.1. The summed E-state index contributed by atoms with van der Waals surface area (Å²) in [5.74, 6) is 0. The highest BCUT2D eigenvalue weighted by Crippen LogP contribution is 2.22. The van der Waals surface area contributed by atoms with Crippen LogP contribution in [0.15, 0.2) is 35.7 Å². The molecule has 0 unspecified atom stereocenters. The van der Waals surface area contributed by atoms with Crippen LogP contribution in [0.2, 0.25) is 0 Å². The summed E-state index contributed by atoms with van der Waals surface area (Å²) < 4.78 is 0. The van der Waals surface area contributed by atoms with Gasteiger partial charge in [0.15, 0.2) is 0 Å². The van der Waals surface area contributed by atoms with Crippen LogP contribution in [0.1, 0.15) is 30.7 Å². The molecular weight excluding hydrogens is 252 g/mol. The SMILES string of the molecule is c1ccc(-c2csc(CCNC3CCCC3)n2)cc1. The Balaban J connectivity index is 1.53. The molecule has 0 atom stereocenters. The van der Waals surface area contributed by atoms with Gasteiger partial charge in [0.05, 0.1) is 10.7 Å². The third-order valence-corrected chi connectivity index (χ3v) is 4.66. The van der Waals surface area contributed by atoms with Crippen LogP contribution < -0.4 is 5.32 Å². The molecule has 0 bridgehead atoms. The van der Waals surface area contributed by atoms with E-state index in [1.165, 1.54) is 36.3 Å². The number of nitrogens with zero attached hydrogens (tertiary/aromatic N) is 1. The molecule has 1 heterocycles. The van der Waals surface area contributed by atoms with E-state index in [9.17, 15) is 0 Å². The molecule has 100 valence electrons. The van der Waals surface area contributed by atoms with E-state index in [-0.39, 0.29) is 0 Å². The molecule has 0 aliphatic heterocycles. The summed E-state index contributed by atoms with van der Waals surface area (Å²) in [5, 5.41) is 7.05. The maximum absolute atomic E-state index is 4.72. The Morgan fingerprint density at radius 1 is 1.16 bits per heavy atom. The fourth-order valence-corrected chi connectivity index (χ4v) is 3.49. The minimum atomic E-state index is 0.758. The van der Waals surface area contributed by atoms with Crippen molar-refractivity contribution >= 4 is 11.3 Å². The van der Waals surface area contributed by atoms with Crippen molar-refractivity contribution in [2.24, 2.45) is 0 Å². The van der Waals surface area contributed by atoms with Crippen LogP contribution in [0.3, 0.4) is 0 Å². The van der Waals surface area contributed by atoms with Gasteiger partial charge in [-0.2, -0.15) is 0 Å². The molecular formula is C16H20N2S. The van der Waals surface area contributed by atoms with Crippen LogP contribution in [0.5, 0.6) is 0 Å². The highest BCUT2D eigenvalue weighted by Gasteiger charge is 2.13. The molecule has 1 aliphatic carbocycles. The smallest absolute Gasteiger partial charge is 0.0945 e. The second-order valence-electron chi connectivity index (χ2n) is 5.18. The van der Waals surface area contributed by atoms with Crippen LogP contribution >= 0.6 is 11.3 Å². The van der Waals surface area contributed by atoms with Crippen LogP contribution in [-0.4, -0.2) is 17.6 Å². The maximum Gasteiger partial charge on any atom is 0.0945 e. The lowest BCUT2D eigenvalue weighted by molar-refractivity contribution is 0.527. The van der Waals surface area contributed by atoms with E-state index in [0.717, 1.165) is 24.7 Å². The number of hydrogen-bond acceptors (Lipinski definition) is 3. The second-order valence-corrected chi connectivity index (χ2v) is 6.12. The van der Waals surface area contributed by atoms with Crippen LogP contribution in [0.4, 0.5) is 0 Å². The summed E-state index contributed by atoms with van der Waals surface area (Å²) >= 11 is 1.78. The molecule has 0 saturated heterocycles. The van der Waals surface area contributed by atoms with Gasteiger partial charge in [0, 0.05) is 30.0 Å². The first-order valence-electron chi connectivity index (χ1n) is 7.15. The molecule has 1 N–H and O–H groups in total. The predicted octanol–water partition coefficient (Wildman–Crippen LogP) is 3.88. The summed E-state index contributed by atoms with van der Waals surface area (Å²) in [4.78, 5) is 4.72. The van der Waals surface area contributed by atoms with Gasteiger partial charge in [-0.05, 0) is 12.8 Å². The first kappa shape index (κ1) is 12.8. The molecule has 1 aromatic heterocycles. The molecule has 1 aliphatic rings. The molecule has 3 rings (SSSR count). The lowest BCUT2D eigenvalue weighted by atomic mass is 10.2. The van der Waals surface area contributed by atoms with E-state index >= 15 is 0 Å². The molecule has 2 aromatic rings. The van der Waals surface area contributed by atoms with Crippen molar-refractivity contribution in [1.82, 2.24) is 10.3 Å². The van der Waals surface area contributed by atoms with E-state index in [0.29, 0.717) is 0 Å². The summed E-state index contributed by atoms with van der Waals surface area (Å²) in [6.45, 7) is 1.06. The quantitative estimate of drug-likeness (QED) is 0.893. The number of rotatable bonds is 5. The number of thiazole rings is 1. The van der Waals surface area contributed by atoms with E-state index in [1.807, 2.05) is 6.07 Å². The molecule has 2 nitrogen and oxygen atoms in total. The first-order chi connectivity index (χ1) is 9.42. The lowest BCUT2D eigenvalue weighted by Crippen LogP contribution is -2.27. The largest absolute Gasteiger partial charge is 0.314 e. The highest BCUT2D eigenvalue weighted by atomic mass is 32.1. The Hall–Kier alpha value is -1.19. The Morgan fingerprint density at radius 3 is 2.74 bits per heavy atom. The third-order valence-electron chi connectivity index (χ3n) is 3.75. The van der Waals surface area contributed by atoms with E-state index in [2.05, 4.69) is 35.0 Å². The molecule has 3 heteroatoms. The van der Waals surface area contributed by atoms with Crippen molar-refractivity contribution in [3.05, 3.63) is 40.7 Å². The molecule has 0 radical (unpaired) electrons. The van der Waals surface area contributed by atoms with Crippen LogP contribution in [0.25, 0.3) is 11.3 Å². The summed E-state index contributed by atoms with van der Waals surface area (Å²) in [5.41, 5.74) is 2.33. The van der Waals surface area contributed by atoms with E-state index in [1.54, 1.807) is 11.3 Å². The maximum atomic E-state index is 4.72. The zero-order valence-corrected chi connectivity index (χ0v) is 12.0. The van der Waals surface area contributed by atoms with Gasteiger partial charge in [-0.15, -0.1) is 11.3 Å². The topological polar surface area (TPSA) is 24.9 Å². The van der Waals surface area contributed by atoms with Crippen molar-refractivity contribution in [3.8, 4) is 11.3 Å². The Morgan fingerprint density at radius 2 is 1.95 bits per heavy atom. The van der Waals surface area contributed by atoms with Crippen molar-refractivity contribution in [1.29, 1.82) is 0 Å². The number of nitrogens with one attached hydrogen (secondary N) is 1. The highest BCUT2D eigenvalue weighted by molar-refractivity contribution is 7.09. The van der Waals surface area contributed by atoms with Gasteiger partial charge in [-0.25, -0.2) is 4.98 Å². The Kier molecular flexibility index (Phi) is 4.26. The number of benzene rings is 1. The molecule has 1 fully saturated rings. The zero-order chi connectivity index (χ0) is 12.9. The lowest BCUT2D eigenvalue weighted by Gasteiger charge is -2.10. The van der Waals surface area contributed by atoms with Gasteiger partial charge in [0.1, 0.15) is 0 Å². The summed E-state index contributed by atoms with van der Waals surface area (Å²) in [6.07, 6.45) is 6.55. The van der Waals surface area contributed by atoms with Crippen molar-refractivity contribution < 1.29 is 0 Å². The summed E-state index contributed by atoms with van der Waals surface area (Å²) in [6, 6.07) is 11.2. The Labute approximate surface area is 118 Å². The Bertz CT molecular complexity index is 500. The van der Waals surface area contributed by atoms with E-state index in [4.69, 9.17) is 4.98 Å². The van der Waals surface area contributed by atoms with Gasteiger partial charge in [0.25, 0.3) is 0 Å². The number of hydrogen-bond donors (Lipinski definition) is 1. The van der Waals surface area contributed by atoms with E-state index < -0.39 is 0 Å². The monoisotopic (exact) mass is 272 g/mol. The van der Waals surface area contributed by atoms with Crippen LogP contribution in [-0.2, 0) is 6.42 Å². The predicted molar refractivity (Wildman–Crippen MR) is 81.5 cm³/mol. The second kappa shape index (κ2) is 6.31. The van der Waals surface area contributed by atoms with Gasteiger partial charge in [0.2, 0.25) is 0 Å². The van der Waals surface area contributed by atoms with Crippen molar-refractivity contribution in [2.45, 2.75) is 38.1 Å². The van der Waals surface area contributed by atoms with Gasteiger partial charge in [-0.3, -0.25) is 0 Å². The minimum absolute atomic E-state index is 0.758. The minimum Gasteiger partial charge on any atom is -0.314 e. The fraction of sp³-hybridized carbons (Fsp3) is 0.438. The van der Waals surface area contributed by atoms with Gasteiger partial charge >= 0.3 is 0 Å².